The number of aryl methyl sites for hydroxylation is 1. The molecule has 1 amide bonds. The predicted octanol–water partition coefficient (Wildman–Crippen LogP) is 4.73. The van der Waals surface area contributed by atoms with Gasteiger partial charge in [-0.05, 0) is 67.6 Å². The Hall–Kier alpha value is -4.21. The number of rotatable bonds is 7. The summed E-state index contributed by atoms with van der Waals surface area (Å²) in [6.07, 6.45) is 4.98. The van der Waals surface area contributed by atoms with Crippen LogP contribution in [0.15, 0.2) is 73.2 Å². The van der Waals surface area contributed by atoms with Crippen molar-refractivity contribution in [3.8, 4) is 11.3 Å². The largest absolute Gasteiger partial charge is 0.322 e. The molecule has 1 saturated heterocycles. The van der Waals surface area contributed by atoms with Crippen molar-refractivity contribution in [2.45, 2.75) is 13.5 Å². The van der Waals surface area contributed by atoms with E-state index in [-0.39, 0.29) is 23.1 Å². The number of nitrogens with zero attached hydrogens (tertiary/aromatic N) is 5. The number of pyridine rings is 1. The minimum absolute atomic E-state index is 0.176. The van der Waals surface area contributed by atoms with Crippen LogP contribution in [0.2, 0.25) is 0 Å². The zero-order valence-corrected chi connectivity index (χ0v) is 21.5. The van der Waals surface area contributed by atoms with Crippen LogP contribution in [0, 0.1) is 12.7 Å². The van der Waals surface area contributed by atoms with Gasteiger partial charge in [0.25, 0.3) is 5.91 Å². The number of amides is 1. The monoisotopic (exact) mass is 511 g/mol. The molecule has 194 valence electrons. The summed E-state index contributed by atoms with van der Waals surface area (Å²) >= 11 is 0. The first-order chi connectivity index (χ1) is 18.4. The lowest BCUT2D eigenvalue weighted by atomic mass is 10.1. The Kier molecular flexibility index (Phi) is 7.67. The maximum absolute atomic E-state index is 15.0. The van der Waals surface area contributed by atoms with E-state index in [1.165, 1.54) is 12.1 Å². The normalized spacial score (nSPS) is 14.3. The molecule has 2 N–H and O–H groups in total. The number of nitrogens with one attached hydrogen (secondary N) is 2. The second kappa shape index (κ2) is 11.5. The molecule has 0 unspecified atom stereocenters. The lowest BCUT2D eigenvalue weighted by Crippen LogP contribution is -2.43. The van der Waals surface area contributed by atoms with Crippen molar-refractivity contribution in [1.82, 2.24) is 24.8 Å². The van der Waals surface area contributed by atoms with Crippen LogP contribution in [0.5, 0.6) is 0 Å². The van der Waals surface area contributed by atoms with E-state index in [0.717, 1.165) is 55.1 Å². The van der Waals surface area contributed by atoms with E-state index in [1.54, 1.807) is 30.7 Å². The fourth-order valence-corrected chi connectivity index (χ4v) is 4.33. The number of carbonyl (C=O) groups is 1. The highest BCUT2D eigenvalue weighted by molar-refractivity contribution is 6.05. The average molecular weight is 512 g/mol. The maximum atomic E-state index is 15.0. The van der Waals surface area contributed by atoms with E-state index in [2.05, 4.69) is 48.5 Å². The summed E-state index contributed by atoms with van der Waals surface area (Å²) in [6, 6.07) is 15.9. The lowest BCUT2D eigenvalue weighted by Gasteiger charge is -2.32. The topological polar surface area (TPSA) is 86.3 Å². The number of benzene rings is 2. The molecular weight excluding hydrogens is 481 g/mol. The third-order valence-electron chi connectivity index (χ3n) is 6.64. The van der Waals surface area contributed by atoms with Gasteiger partial charge in [0.15, 0.2) is 0 Å². The molecule has 3 heterocycles. The minimum Gasteiger partial charge on any atom is -0.322 e. The molecule has 0 saturated carbocycles. The smallest absolute Gasteiger partial charge is 0.255 e. The van der Waals surface area contributed by atoms with Gasteiger partial charge in [0.2, 0.25) is 5.95 Å². The van der Waals surface area contributed by atoms with Crippen molar-refractivity contribution in [1.29, 1.82) is 0 Å². The number of carbonyl (C=O) groups excluding carboxylic acids is 1. The van der Waals surface area contributed by atoms with Crippen molar-refractivity contribution in [2.24, 2.45) is 0 Å². The summed E-state index contributed by atoms with van der Waals surface area (Å²) in [4.78, 5) is 30.4. The van der Waals surface area contributed by atoms with E-state index in [4.69, 9.17) is 0 Å². The number of aromatic nitrogens is 3. The van der Waals surface area contributed by atoms with Gasteiger partial charge in [0, 0.05) is 68.1 Å². The first-order valence-electron chi connectivity index (χ1n) is 12.6. The highest BCUT2D eigenvalue weighted by atomic mass is 19.1. The van der Waals surface area contributed by atoms with Crippen LogP contribution in [0.3, 0.4) is 0 Å². The fraction of sp³-hybridized carbons (Fsp3) is 0.241. The predicted molar refractivity (Wildman–Crippen MR) is 147 cm³/mol. The van der Waals surface area contributed by atoms with Crippen molar-refractivity contribution >= 4 is 23.2 Å². The molecule has 0 radical (unpaired) electrons. The van der Waals surface area contributed by atoms with Crippen molar-refractivity contribution in [3.63, 3.8) is 0 Å². The van der Waals surface area contributed by atoms with Gasteiger partial charge in [-0.25, -0.2) is 14.4 Å². The summed E-state index contributed by atoms with van der Waals surface area (Å²) in [6.45, 7) is 6.91. The number of hydrogen-bond acceptors (Lipinski definition) is 7. The summed E-state index contributed by atoms with van der Waals surface area (Å²) < 4.78 is 15.0. The van der Waals surface area contributed by atoms with E-state index in [0.29, 0.717) is 5.69 Å². The molecule has 4 aromatic rings. The summed E-state index contributed by atoms with van der Waals surface area (Å²) in [5.74, 6) is -0.700. The first kappa shape index (κ1) is 25.4. The van der Waals surface area contributed by atoms with Gasteiger partial charge in [-0.3, -0.25) is 14.7 Å². The molecule has 0 aliphatic carbocycles. The van der Waals surface area contributed by atoms with Crippen LogP contribution in [-0.2, 0) is 6.54 Å². The van der Waals surface area contributed by atoms with Crippen LogP contribution in [0.4, 0.5) is 21.7 Å². The van der Waals surface area contributed by atoms with Gasteiger partial charge in [-0.1, -0.05) is 12.1 Å². The Bertz CT molecular complexity index is 1420. The van der Waals surface area contributed by atoms with E-state index >= 15 is 0 Å². The van der Waals surface area contributed by atoms with Crippen LogP contribution in [-0.4, -0.2) is 63.9 Å². The molecule has 9 heteroatoms. The average Bonchev–Trinajstić information content (AvgIpc) is 2.93. The molecule has 0 spiro atoms. The summed E-state index contributed by atoms with van der Waals surface area (Å²) in [7, 11) is 2.14. The zero-order valence-electron chi connectivity index (χ0n) is 21.5. The summed E-state index contributed by atoms with van der Waals surface area (Å²) in [5.41, 5.74) is 4.70. The number of piperazine rings is 1. The Morgan fingerprint density at radius 3 is 2.61 bits per heavy atom. The standard InChI is InChI=1S/C29H30FN7O/c1-20-5-6-21(19-37-14-12-36(2)13-15-37)16-27(20)33-28(38)22-7-8-26(24(30)17-22)35-29-32-11-9-25(34-29)23-4-3-10-31-18-23/h3-11,16-18H,12-15,19H2,1-2H3,(H,33,38)(H,32,34,35). The molecule has 8 nitrogen and oxygen atoms in total. The van der Waals surface area contributed by atoms with E-state index in [9.17, 15) is 9.18 Å². The number of anilines is 3. The molecule has 1 aliphatic rings. The van der Waals surface area contributed by atoms with Gasteiger partial charge in [0.05, 0.1) is 11.4 Å². The molecule has 2 aromatic heterocycles. The van der Waals surface area contributed by atoms with Crippen LogP contribution >= 0.6 is 0 Å². The Balaban J connectivity index is 1.26. The molecule has 1 fully saturated rings. The van der Waals surface area contributed by atoms with Crippen molar-refractivity contribution in [3.05, 3.63) is 95.7 Å². The molecule has 2 aromatic carbocycles. The quantitative estimate of drug-likeness (QED) is 0.371. The van der Waals surface area contributed by atoms with Gasteiger partial charge in [-0.2, -0.15) is 0 Å². The van der Waals surface area contributed by atoms with Crippen molar-refractivity contribution < 1.29 is 9.18 Å². The minimum atomic E-state index is -0.575. The molecule has 5 rings (SSSR count). The number of halogens is 1. The first-order valence-corrected chi connectivity index (χ1v) is 12.6. The second-order valence-electron chi connectivity index (χ2n) is 9.51. The molecule has 38 heavy (non-hydrogen) atoms. The summed E-state index contributed by atoms with van der Waals surface area (Å²) in [5, 5.41) is 5.85. The van der Waals surface area contributed by atoms with Gasteiger partial charge in [-0.15, -0.1) is 0 Å². The molecule has 0 bridgehead atoms. The molecule has 1 aliphatic heterocycles. The fourth-order valence-electron chi connectivity index (χ4n) is 4.33. The molecular formula is C29H30FN7O. The zero-order chi connectivity index (χ0) is 26.5. The van der Waals surface area contributed by atoms with Gasteiger partial charge >= 0.3 is 0 Å². The van der Waals surface area contributed by atoms with Crippen molar-refractivity contribution in [2.75, 3.05) is 43.9 Å². The van der Waals surface area contributed by atoms with Gasteiger partial charge < -0.3 is 15.5 Å². The third-order valence-corrected chi connectivity index (χ3v) is 6.64. The van der Waals surface area contributed by atoms with E-state index < -0.39 is 5.82 Å². The van der Waals surface area contributed by atoms with Crippen LogP contribution in [0.1, 0.15) is 21.5 Å². The van der Waals surface area contributed by atoms with E-state index in [1.807, 2.05) is 31.2 Å². The Morgan fingerprint density at radius 2 is 1.84 bits per heavy atom. The van der Waals surface area contributed by atoms with Crippen LogP contribution < -0.4 is 10.6 Å². The Labute approximate surface area is 221 Å². The maximum Gasteiger partial charge on any atom is 0.255 e. The molecule has 0 atom stereocenters. The Morgan fingerprint density at radius 1 is 1.00 bits per heavy atom. The van der Waals surface area contributed by atoms with Gasteiger partial charge in [0.1, 0.15) is 5.82 Å². The highest BCUT2D eigenvalue weighted by Gasteiger charge is 2.16. The number of likely N-dealkylation sites (N-methyl/N-ethyl adjacent to an activating group) is 1. The highest BCUT2D eigenvalue weighted by Crippen LogP contribution is 2.23. The number of hydrogen-bond donors (Lipinski definition) is 2. The third kappa shape index (κ3) is 6.19. The lowest BCUT2D eigenvalue weighted by molar-refractivity contribution is 0.102. The van der Waals surface area contributed by atoms with Crippen LogP contribution in [0.25, 0.3) is 11.3 Å². The second-order valence-corrected chi connectivity index (χ2v) is 9.51. The SMILES string of the molecule is Cc1ccc(CN2CCN(C)CC2)cc1NC(=O)c1ccc(Nc2nccc(-c3cccnc3)n2)c(F)c1.